The number of nitrogens with zero attached hydrogens (tertiary/aromatic N) is 4. The molecule has 14 rings (SSSR count). The summed E-state index contributed by atoms with van der Waals surface area (Å²) in [7, 11) is 2.68. The first-order valence-electron chi connectivity index (χ1n) is 27.7. The third-order valence-electron chi connectivity index (χ3n) is 17.4. The fourth-order valence-corrected chi connectivity index (χ4v) is 14.5. The molecule has 16 heteroatoms. The number of fused-ring (bicyclic) bond motifs is 4. The largest absolute Gasteiger partial charge is 0.453 e. The van der Waals surface area contributed by atoms with Crippen LogP contribution in [0.4, 0.5) is 9.59 Å². The molecule has 4 fully saturated rings. The molecule has 14 nitrogen and oxygen atoms in total. The number of benzene rings is 4. The molecule has 6 aromatic rings. The van der Waals surface area contributed by atoms with Gasteiger partial charge < -0.3 is 39.9 Å². The van der Waals surface area contributed by atoms with Gasteiger partial charge in [0.15, 0.2) is 0 Å². The van der Waals surface area contributed by atoms with Crippen LogP contribution >= 0.6 is 23.5 Å². The first-order valence-corrected chi connectivity index (χ1v) is 30.4. The van der Waals surface area contributed by atoms with E-state index < -0.39 is 24.3 Å². The molecule has 0 spiro atoms. The zero-order valence-corrected chi connectivity index (χ0v) is 46.0. The number of hydrogen-bond donors (Lipinski definition) is 4. The molecule has 8 atom stereocenters. The Labute approximate surface area is 454 Å². The Balaban J connectivity index is 0.842. The number of thioether (sulfide) groups is 2. The Morgan fingerprint density at radius 1 is 0.592 bits per heavy atom. The SMILES string of the molecule is COC(=O)N[C@@H](CCSC)C(=O)N1[C@H](c2nc3ccc(-c4cc5ccc4CCc4ccc(c(-c6ccc7nc([C@@H]8C[C@@H]9CCCC[C@@H]9N8C(=O)[C@H](CCSC)NC(=O)OC)[nH]c7c6)c4)CC5)cc3[nH]2)C[C@@H]2CCCC[C@@H]21. The minimum atomic E-state index is -0.665. The summed E-state index contributed by atoms with van der Waals surface area (Å²) in [6, 6.07) is 25.6. The molecule has 2 aliphatic heterocycles. The van der Waals surface area contributed by atoms with Crippen molar-refractivity contribution in [1.82, 2.24) is 40.4 Å². The van der Waals surface area contributed by atoms with Crippen molar-refractivity contribution in [3.05, 3.63) is 107 Å². The Morgan fingerprint density at radius 2 is 1.03 bits per heavy atom. The minimum absolute atomic E-state index is 0.0492. The summed E-state index contributed by atoms with van der Waals surface area (Å²) in [6.07, 6.45) is 17.7. The van der Waals surface area contributed by atoms with Crippen LogP contribution in [0.5, 0.6) is 0 Å². The monoisotopic (exact) mass is 1060 g/mol. The van der Waals surface area contributed by atoms with Crippen LogP contribution in [0.25, 0.3) is 44.3 Å². The van der Waals surface area contributed by atoms with E-state index >= 15 is 0 Å². The Morgan fingerprint density at radius 3 is 1.45 bits per heavy atom. The summed E-state index contributed by atoms with van der Waals surface area (Å²) in [4.78, 5) is 76.0. The lowest BCUT2D eigenvalue weighted by Gasteiger charge is -2.36. The number of methoxy groups -OCH3 is 2. The number of carbonyl (C=O) groups excluding carboxylic acids is 4. The van der Waals surface area contributed by atoms with E-state index in [9.17, 15) is 19.2 Å². The van der Waals surface area contributed by atoms with E-state index in [-0.39, 0.29) is 36.0 Å². The van der Waals surface area contributed by atoms with Crippen LogP contribution in [0.1, 0.15) is 123 Å². The molecule has 6 aliphatic carbocycles. The van der Waals surface area contributed by atoms with E-state index in [4.69, 9.17) is 19.4 Å². The van der Waals surface area contributed by atoms with Crippen LogP contribution in [0.3, 0.4) is 0 Å². The zero-order valence-electron chi connectivity index (χ0n) is 44.3. The Bertz CT molecular complexity index is 2910. The van der Waals surface area contributed by atoms with Crippen molar-refractivity contribution in [1.29, 1.82) is 0 Å². The number of ether oxygens (including phenoxy) is 2. The number of nitrogens with one attached hydrogen (secondary N) is 4. The molecule has 76 heavy (non-hydrogen) atoms. The number of aryl methyl sites for hydroxylation is 4. The molecule has 400 valence electrons. The molecular weight excluding hydrogens is 993 g/mol. The van der Waals surface area contributed by atoms with Gasteiger partial charge in [-0.25, -0.2) is 19.6 Å². The third kappa shape index (κ3) is 10.6. The van der Waals surface area contributed by atoms with E-state index in [0.29, 0.717) is 24.7 Å². The molecule has 8 aliphatic rings. The average Bonchev–Trinajstić information content (AvgIpc) is 4.27. The van der Waals surface area contributed by atoms with Gasteiger partial charge in [0.2, 0.25) is 11.8 Å². The molecule has 2 aromatic heterocycles. The zero-order chi connectivity index (χ0) is 52.5. The summed E-state index contributed by atoms with van der Waals surface area (Å²) in [5, 5.41) is 5.73. The molecule has 4 aromatic carbocycles. The predicted octanol–water partition coefficient (Wildman–Crippen LogP) is 11.3. The normalized spacial score (nSPS) is 22.9. The van der Waals surface area contributed by atoms with Gasteiger partial charge in [0.25, 0.3) is 0 Å². The number of rotatable bonds is 14. The predicted molar refractivity (Wildman–Crippen MR) is 302 cm³/mol. The van der Waals surface area contributed by atoms with Crippen LogP contribution in [0.15, 0.2) is 72.8 Å². The van der Waals surface area contributed by atoms with Gasteiger partial charge >= 0.3 is 12.2 Å². The van der Waals surface area contributed by atoms with Crippen LogP contribution in [0.2, 0.25) is 0 Å². The van der Waals surface area contributed by atoms with E-state index in [1.165, 1.54) is 60.4 Å². The molecule has 0 unspecified atom stereocenters. The van der Waals surface area contributed by atoms with Gasteiger partial charge in [0.1, 0.15) is 23.7 Å². The van der Waals surface area contributed by atoms with Crippen molar-refractivity contribution < 1.29 is 28.7 Å². The van der Waals surface area contributed by atoms with Gasteiger partial charge in [0, 0.05) is 12.1 Å². The van der Waals surface area contributed by atoms with Crippen molar-refractivity contribution in [3.63, 3.8) is 0 Å². The van der Waals surface area contributed by atoms with Gasteiger partial charge in [-0.15, -0.1) is 0 Å². The number of H-pyrrole nitrogens is 2. The fraction of sp³-hybridized carbons (Fsp3) is 0.500. The van der Waals surface area contributed by atoms with E-state index in [1.807, 2.05) is 12.5 Å². The molecule has 2 saturated carbocycles. The molecule has 4 amide bonds. The minimum Gasteiger partial charge on any atom is -0.453 e. The molecular formula is C60H72N8O6S2. The standard InChI is InChI=1S/C60H72N8O6S2/c1-73-59(71)65-47(25-27-75-3)57(69)67-51-11-7-5-9-41(51)33-53(67)55-61-45-23-21-39(31-49(45)63-55)43-29-35-13-17-37(43)19-15-36-14-18-38(20-16-35)44(30-36)40-22-24-46-50(32-40)64-56(62-46)54-34-42-10-6-8-12-52(42)68(54)58(70)48(26-28-76-4)66-60(72)74-2/h13-14,17-18,21-24,29-32,41-42,47-48,51-54H,5-12,15-16,19-20,25-28,33-34H2,1-4H3,(H,61,63)(H,62,64)(H,65,71)(H,66,72)/t41-,42-,47-,48-,51-,52-,53-,54-/m0/s1. The first kappa shape index (κ1) is 52.1. The molecule has 0 radical (unpaired) electrons. The van der Waals surface area contributed by atoms with Gasteiger partial charge in [-0.2, -0.15) is 23.5 Å². The highest BCUT2D eigenvalue weighted by atomic mass is 32.2. The van der Waals surface area contributed by atoms with Gasteiger partial charge in [-0.1, -0.05) is 74.2 Å². The summed E-state index contributed by atoms with van der Waals surface area (Å²) < 4.78 is 9.92. The molecule has 2 saturated heterocycles. The summed E-state index contributed by atoms with van der Waals surface area (Å²) in [5.74, 6) is 3.81. The topological polar surface area (TPSA) is 175 Å². The Hall–Kier alpha value is -6.00. The number of carbonyl (C=O) groups is 4. The fourth-order valence-electron chi connectivity index (χ4n) is 13.6. The van der Waals surface area contributed by atoms with E-state index in [1.54, 1.807) is 23.5 Å². The molecule has 4 bridgehead atoms. The second-order valence-corrected chi connectivity index (χ2v) is 23.8. The maximum absolute atomic E-state index is 14.6. The average molecular weight is 1070 g/mol. The lowest BCUT2D eigenvalue weighted by Crippen LogP contribution is -2.52. The number of amides is 4. The highest BCUT2D eigenvalue weighted by Gasteiger charge is 2.49. The number of alkyl carbamates (subject to hydrolysis) is 2. The summed E-state index contributed by atoms with van der Waals surface area (Å²) in [6.45, 7) is 0. The Kier molecular flexibility index (Phi) is 15.7. The van der Waals surface area contributed by atoms with Crippen molar-refractivity contribution in [2.75, 3.05) is 38.2 Å². The van der Waals surface area contributed by atoms with Gasteiger partial charge in [-0.3, -0.25) is 9.59 Å². The highest BCUT2D eigenvalue weighted by Crippen LogP contribution is 2.48. The van der Waals surface area contributed by atoms with E-state index in [2.05, 4.69) is 103 Å². The van der Waals surface area contributed by atoms with Crippen molar-refractivity contribution >= 4 is 69.6 Å². The summed E-state index contributed by atoms with van der Waals surface area (Å²) >= 11 is 3.32. The van der Waals surface area contributed by atoms with Crippen molar-refractivity contribution in [3.8, 4) is 22.3 Å². The second-order valence-electron chi connectivity index (χ2n) is 21.8. The summed E-state index contributed by atoms with van der Waals surface area (Å²) in [5.41, 5.74) is 13.6. The molecule has 4 heterocycles. The van der Waals surface area contributed by atoms with Crippen molar-refractivity contribution in [2.45, 2.75) is 139 Å². The lowest BCUT2D eigenvalue weighted by atomic mass is 9.84. The quantitative estimate of drug-likeness (QED) is 0.0822. The second kappa shape index (κ2) is 22.9. The lowest BCUT2D eigenvalue weighted by molar-refractivity contribution is -0.138. The van der Waals surface area contributed by atoms with Gasteiger partial charge in [-0.05, 0) is 182 Å². The molecule has 4 N–H and O–H groups in total. The third-order valence-corrected chi connectivity index (χ3v) is 18.7. The van der Waals surface area contributed by atoms with Crippen LogP contribution in [-0.2, 0) is 44.7 Å². The van der Waals surface area contributed by atoms with Crippen molar-refractivity contribution in [2.24, 2.45) is 11.8 Å². The number of aromatic amines is 2. The maximum atomic E-state index is 14.6. The number of imidazole rings is 2. The van der Waals surface area contributed by atoms with Crippen LogP contribution in [-0.4, -0.2) is 116 Å². The number of aromatic nitrogens is 4. The van der Waals surface area contributed by atoms with Crippen LogP contribution < -0.4 is 10.6 Å². The smallest absolute Gasteiger partial charge is 0.407 e. The highest BCUT2D eigenvalue weighted by molar-refractivity contribution is 7.98. The maximum Gasteiger partial charge on any atom is 0.407 e. The number of hydrogen-bond acceptors (Lipinski definition) is 10. The number of likely N-dealkylation sites (tertiary alicyclic amines) is 2. The van der Waals surface area contributed by atoms with E-state index in [0.717, 1.165) is 133 Å². The van der Waals surface area contributed by atoms with Crippen LogP contribution in [0, 0.1) is 11.8 Å². The van der Waals surface area contributed by atoms with Gasteiger partial charge in [0.05, 0.1) is 48.4 Å². The first-order chi connectivity index (χ1) is 37.1.